The fourth-order valence-electron chi connectivity index (χ4n) is 3.31. The van der Waals surface area contributed by atoms with Crippen molar-refractivity contribution in [3.05, 3.63) is 89.5 Å². The van der Waals surface area contributed by atoms with Crippen molar-refractivity contribution in [1.82, 2.24) is 9.88 Å². The molecule has 1 amide bonds. The Morgan fingerprint density at radius 3 is 2.57 bits per heavy atom. The molecule has 1 heterocycles. The summed E-state index contributed by atoms with van der Waals surface area (Å²) in [5, 5.41) is 0. The zero-order valence-electron chi connectivity index (χ0n) is 16.8. The van der Waals surface area contributed by atoms with E-state index < -0.39 is 5.82 Å². The third-order valence-corrected chi connectivity index (χ3v) is 5.04. The minimum atomic E-state index is -0.409. The second kappa shape index (κ2) is 8.95. The molecule has 0 spiro atoms. The fraction of sp³-hybridized carbons (Fsp3) is 0.250. The van der Waals surface area contributed by atoms with Crippen LogP contribution in [0.15, 0.2) is 67.0 Å². The number of hydrogen-bond donors (Lipinski definition) is 0. The van der Waals surface area contributed by atoms with Crippen LogP contribution in [0, 0.1) is 5.82 Å². The Hall–Kier alpha value is -3.41. The van der Waals surface area contributed by atoms with Crippen LogP contribution in [0.2, 0.25) is 0 Å². The summed E-state index contributed by atoms with van der Waals surface area (Å²) in [6.45, 7) is 0.812. The Morgan fingerprint density at radius 2 is 1.87 bits per heavy atom. The molecular weight excluding hydrogens is 383 g/mol. The molecule has 0 saturated heterocycles. The van der Waals surface area contributed by atoms with Gasteiger partial charge in [-0.05, 0) is 66.4 Å². The summed E-state index contributed by atoms with van der Waals surface area (Å²) in [5.74, 6) is 0.669. The number of methoxy groups -OCH3 is 1. The quantitative estimate of drug-likeness (QED) is 0.548. The van der Waals surface area contributed by atoms with Gasteiger partial charge in [0.25, 0.3) is 5.91 Å². The van der Waals surface area contributed by atoms with Crippen LogP contribution in [0.25, 0.3) is 0 Å². The third-order valence-electron chi connectivity index (χ3n) is 5.04. The highest BCUT2D eigenvalue weighted by atomic mass is 19.1. The second-order valence-electron chi connectivity index (χ2n) is 7.30. The summed E-state index contributed by atoms with van der Waals surface area (Å²) in [4.78, 5) is 18.8. The SMILES string of the molecule is COc1ccc(CN(C(=O)c2cccc(F)c2)C2CC2)cc1OCc1ccncc1. The standard InChI is InChI=1S/C24H23FN2O3/c1-29-22-8-5-18(13-23(22)30-16-17-9-11-26-12-10-17)15-27(21-6-7-21)24(28)19-3-2-4-20(25)14-19/h2-5,8-14,21H,6-7,15-16H2,1H3. The topological polar surface area (TPSA) is 51.7 Å². The smallest absolute Gasteiger partial charge is 0.254 e. The summed E-state index contributed by atoms with van der Waals surface area (Å²) in [7, 11) is 1.60. The zero-order chi connectivity index (χ0) is 20.9. The number of ether oxygens (including phenoxy) is 2. The van der Waals surface area contributed by atoms with E-state index in [1.165, 1.54) is 12.1 Å². The van der Waals surface area contributed by atoms with Gasteiger partial charge in [0.05, 0.1) is 7.11 Å². The molecule has 0 atom stereocenters. The molecule has 0 aliphatic heterocycles. The molecule has 6 heteroatoms. The molecular formula is C24H23FN2O3. The Balaban J connectivity index is 1.52. The highest BCUT2D eigenvalue weighted by molar-refractivity contribution is 5.94. The van der Waals surface area contributed by atoms with Crippen molar-refractivity contribution < 1.29 is 18.7 Å². The maximum absolute atomic E-state index is 13.6. The van der Waals surface area contributed by atoms with Crippen molar-refractivity contribution in [2.24, 2.45) is 0 Å². The molecule has 1 aliphatic rings. The normalized spacial score (nSPS) is 13.0. The number of amides is 1. The van der Waals surface area contributed by atoms with Gasteiger partial charge in [0.15, 0.2) is 11.5 Å². The van der Waals surface area contributed by atoms with Gasteiger partial charge < -0.3 is 14.4 Å². The van der Waals surface area contributed by atoms with Crippen LogP contribution in [0.3, 0.4) is 0 Å². The van der Waals surface area contributed by atoms with Gasteiger partial charge in [-0.1, -0.05) is 12.1 Å². The molecule has 4 rings (SSSR count). The summed E-state index contributed by atoms with van der Waals surface area (Å²) in [5.41, 5.74) is 2.29. The Morgan fingerprint density at radius 1 is 1.07 bits per heavy atom. The minimum absolute atomic E-state index is 0.160. The molecule has 1 aliphatic carbocycles. The highest BCUT2D eigenvalue weighted by Crippen LogP contribution is 2.33. The van der Waals surface area contributed by atoms with Crippen LogP contribution in [0.1, 0.15) is 34.3 Å². The minimum Gasteiger partial charge on any atom is -0.493 e. The Bertz CT molecular complexity index is 1020. The number of aromatic nitrogens is 1. The monoisotopic (exact) mass is 406 g/mol. The van der Waals surface area contributed by atoms with Crippen molar-refractivity contribution in [3.8, 4) is 11.5 Å². The average molecular weight is 406 g/mol. The van der Waals surface area contributed by atoms with E-state index in [9.17, 15) is 9.18 Å². The van der Waals surface area contributed by atoms with E-state index in [-0.39, 0.29) is 11.9 Å². The van der Waals surface area contributed by atoms with Crippen LogP contribution in [-0.2, 0) is 13.2 Å². The maximum atomic E-state index is 13.6. The van der Waals surface area contributed by atoms with E-state index in [4.69, 9.17) is 9.47 Å². The van der Waals surface area contributed by atoms with Gasteiger partial charge in [0.2, 0.25) is 0 Å². The molecule has 1 saturated carbocycles. The molecule has 1 fully saturated rings. The van der Waals surface area contributed by atoms with Gasteiger partial charge in [0.1, 0.15) is 12.4 Å². The number of carbonyl (C=O) groups is 1. The van der Waals surface area contributed by atoms with Gasteiger partial charge in [-0.3, -0.25) is 9.78 Å². The molecule has 0 radical (unpaired) electrons. The lowest BCUT2D eigenvalue weighted by Gasteiger charge is -2.23. The van der Waals surface area contributed by atoms with Gasteiger partial charge >= 0.3 is 0 Å². The van der Waals surface area contributed by atoms with Crippen molar-refractivity contribution in [2.45, 2.75) is 32.0 Å². The van der Waals surface area contributed by atoms with E-state index in [1.54, 1.807) is 31.6 Å². The number of hydrogen-bond acceptors (Lipinski definition) is 4. The van der Waals surface area contributed by atoms with Crippen molar-refractivity contribution in [3.63, 3.8) is 0 Å². The lowest BCUT2D eigenvalue weighted by atomic mass is 10.1. The van der Waals surface area contributed by atoms with Crippen LogP contribution in [0.5, 0.6) is 11.5 Å². The Labute approximate surface area is 175 Å². The number of nitrogens with zero attached hydrogens (tertiary/aromatic N) is 2. The largest absolute Gasteiger partial charge is 0.493 e. The van der Waals surface area contributed by atoms with E-state index in [0.29, 0.717) is 30.2 Å². The van der Waals surface area contributed by atoms with Crippen LogP contribution < -0.4 is 9.47 Å². The predicted molar refractivity (Wildman–Crippen MR) is 111 cm³/mol. The zero-order valence-corrected chi connectivity index (χ0v) is 16.8. The molecule has 2 aromatic carbocycles. The van der Waals surface area contributed by atoms with E-state index >= 15 is 0 Å². The summed E-state index contributed by atoms with van der Waals surface area (Å²) < 4.78 is 25.0. The first-order valence-electron chi connectivity index (χ1n) is 9.89. The number of rotatable bonds is 8. The molecule has 5 nitrogen and oxygen atoms in total. The molecule has 0 N–H and O–H groups in total. The maximum Gasteiger partial charge on any atom is 0.254 e. The van der Waals surface area contributed by atoms with E-state index in [2.05, 4.69) is 4.98 Å². The van der Waals surface area contributed by atoms with Crippen molar-refractivity contribution >= 4 is 5.91 Å². The van der Waals surface area contributed by atoms with E-state index in [1.807, 2.05) is 35.2 Å². The third kappa shape index (κ3) is 4.76. The lowest BCUT2D eigenvalue weighted by Crippen LogP contribution is -2.32. The van der Waals surface area contributed by atoms with Crippen molar-refractivity contribution in [1.29, 1.82) is 0 Å². The van der Waals surface area contributed by atoms with Crippen molar-refractivity contribution in [2.75, 3.05) is 7.11 Å². The number of halogens is 1. The molecule has 0 unspecified atom stereocenters. The Kier molecular flexibility index (Phi) is 5.93. The van der Waals surface area contributed by atoms with Gasteiger partial charge in [0, 0.05) is 30.5 Å². The number of carbonyl (C=O) groups excluding carboxylic acids is 1. The molecule has 154 valence electrons. The lowest BCUT2D eigenvalue weighted by molar-refractivity contribution is 0.0729. The average Bonchev–Trinajstić information content (AvgIpc) is 3.61. The predicted octanol–water partition coefficient (Wildman–Crippen LogP) is 4.61. The van der Waals surface area contributed by atoms with Gasteiger partial charge in [-0.2, -0.15) is 0 Å². The first-order chi connectivity index (χ1) is 14.6. The number of benzene rings is 2. The molecule has 3 aromatic rings. The number of pyridine rings is 1. The summed E-state index contributed by atoms with van der Waals surface area (Å²) in [6.07, 6.45) is 5.36. The summed E-state index contributed by atoms with van der Waals surface area (Å²) >= 11 is 0. The van der Waals surface area contributed by atoms with Crippen LogP contribution in [-0.4, -0.2) is 28.9 Å². The van der Waals surface area contributed by atoms with Gasteiger partial charge in [-0.15, -0.1) is 0 Å². The van der Waals surface area contributed by atoms with Crippen LogP contribution in [0.4, 0.5) is 4.39 Å². The summed E-state index contributed by atoms with van der Waals surface area (Å²) in [6, 6.07) is 15.5. The molecule has 30 heavy (non-hydrogen) atoms. The fourth-order valence-corrected chi connectivity index (χ4v) is 3.31. The van der Waals surface area contributed by atoms with E-state index in [0.717, 1.165) is 24.0 Å². The highest BCUT2D eigenvalue weighted by Gasteiger charge is 2.33. The second-order valence-corrected chi connectivity index (χ2v) is 7.30. The molecule has 0 bridgehead atoms. The first-order valence-corrected chi connectivity index (χ1v) is 9.89. The van der Waals surface area contributed by atoms with Crippen LogP contribution >= 0.6 is 0 Å². The van der Waals surface area contributed by atoms with Gasteiger partial charge in [-0.25, -0.2) is 4.39 Å². The first kappa shape index (κ1) is 19.9. The molecule has 1 aromatic heterocycles.